The van der Waals surface area contributed by atoms with Crippen LogP contribution < -0.4 is 9.64 Å². The van der Waals surface area contributed by atoms with Crippen LogP contribution in [-0.4, -0.2) is 18.9 Å². The smallest absolute Gasteiger partial charge is 0.238 e. The molecule has 4 heteroatoms. The Morgan fingerprint density at radius 1 is 1.19 bits per heavy atom. The van der Waals surface area contributed by atoms with Crippen LogP contribution in [0.4, 0.5) is 5.69 Å². The molecule has 21 heavy (non-hydrogen) atoms. The first kappa shape index (κ1) is 13.9. The third-order valence-corrected chi connectivity index (χ3v) is 4.46. The molecule has 1 aliphatic heterocycles. The molecule has 2 amide bonds. The molecule has 1 fully saturated rings. The van der Waals surface area contributed by atoms with Gasteiger partial charge in [-0.25, -0.2) is 4.90 Å². The van der Waals surface area contributed by atoms with Gasteiger partial charge in [0.2, 0.25) is 11.8 Å². The Kier molecular flexibility index (Phi) is 3.32. The number of para-hydroxylation sites is 2. The Balaban J connectivity index is 2.03. The monoisotopic (exact) mass is 285 g/mol. The first-order valence-corrected chi connectivity index (χ1v) is 7.22. The number of nitrogens with zero attached hydrogens (tertiary/aromatic N) is 1. The summed E-state index contributed by atoms with van der Waals surface area (Å²) in [7, 11) is 1.55. The molecule has 0 aromatic heterocycles. The largest absolute Gasteiger partial charge is 0.495 e. The lowest BCUT2D eigenvalue weighted by atomic mass is 9.76. The van der Waals surface area contributed by atoms with Crippen molar-refractivity contribution in [1.82, 2.24) is 0 Å². The third kappa shape index (κ3) is 2.06. The Morgan fingerprint density at radius 2 is 1.90 bits per heavy atom. The van der Waals surface area contributed by atoms with E-state index < -0.39 is 0 Å². The summed E-state index contributed by atoms with van der Waals surface area (Å²) in [5, 5.41) is 0. The predicted molar refractivity (Wildman–Crippen MR) is 80.0 cm³/mol. The van der Waals surface area contributed by atoms with E-state index in [9.17, 15) is 9.59 Å². The van der Waals surface area contributed by atoms with Crippen molar-refractivity contribution < 1.29 is 14.3 Å². The summed E-state index contributed by atoms with van der Waals surface area (Å²) >= 11 is 0. The zero-order valence-corrected chi connectivity index (χ0v) is 12.5. The second-order valence-electron chi connectivity index (χ2n) is 5.89. The number of carbonyl (C=O) groups is 2. The zero-order chi connectivity index (χ0) is 15.1. The van der Waals surface area contributed by atoms with Crippen LogP contribution in [0.5, 0.6) is 5.75 Å². The van der Waals surface area contributed by atoms with Gasteiger partial charge in [0, 0.05) is 0 Å². The topological polar surface area (TPSA) is 46.6 Å². The number of allylic oxidation sites excluding steroid dienone is 2. The first-order chi connectivity index (χ1) is 10.0. The van der Waals surface area contributed by atoms with Crippen LogP contribution in [0.1, 0.15) is 20.3 Å². The van der Waals surface area contributed by atoms with Gasteiger partial charge in [-0.05, 0) is 31.4 Å². The molecule has 2 aliphatic rings. The molecule has 3 atom stereocenters. The van der Waals surface area contributed by atoms with Crippen LogP contribution in [0.15, 0.2) is 35.9 Å². The van der Waals surface area contributed by atoms with Crippen LogP contribution in [0.25, 0.3) is 0 Å². The highest BCUT2D eigenvalue weighted by atomic mass is 16.5. The van der Waals surface area contributed by atoms with E-state index in [2.05, 4.69) is 6.08 Å². The summed E-state index contributed by atoms with van der Waals surface area (Å²) < 4.78 is 5.30. The third-order valence-electron chi connectivity index (χ3n) is 4.46. The minimum absolute atomic E-state index is 0.0971. The maximum Gasteiger partial charge on any atom is 0.238 e. The van der Waals surface area contributed by atoms with Crippen molar-refractivity contribution in [3.05, 3.63) is 35.9 Å². The lowest BCUT2D eigenvalue weighted by molar-refractivity contribution is -0.122. The molecule has 110 valence electrons. The van der Waals surface area contributed by atoms with Crippen molar-refractivity contribution in [3.8, 4) is 5.75 Å². The highest BCUT2D eigenvalue weighted by molar-refractivity contribution is 6.23. The Bertz CT molecular complexity index is 635. The zero-order valence-electron chi connectivity index (χ0n) is 12.5. The average Bonchev–Trinajstić information content (AvgIpc) is 2.70. The first-order valence-electron chi connectivity index (χ1n) is 7.22. The van der Waals surface area contributed by atoms with Crippen LogP contribution in [0, 0.1) is 17.8 Å². The fraction of sp³-hybridized carbons (Fsp3) is 0.412. The number of hydrogen-bond donors (Lipinski definition) is 0. The standard InChI is InChI=1S/C17H19NO3/c1-10-8-11(2)15-12(9-10)16(19)18(17(15)20)13-6-4-5-7-14(13)21-3/h4-8,11-12,15H,9H2,1-3H3/t11-,12-,15-/m0/s1. The Morgan fingerprint density at radius 3 is 2.62 bits per heavy atom. The molecule has 0 unspecified atom stereocenters. The number of hydrogen-bond acceptors (Lipinski definition) is 3. The van der Waals surface area contributed by atoms with E-state index in [4.69, 9.17) is 4.74 Å². The van der Waals surface area contributed by atoms with Crippen LogP contribution in [-0.2, 0) is 9.59 Å². The Labute approximate surface area is 124 Å². The van der Waals surface area contributed by atoms with E-state index in [-0.39, 0.29) is 29.6 Å². The minimum atomic E-state index is -0.244. The number of anilines is 1. The summed E-state index contributed by atoms with van der Waals surface area (Å²) in [6.07, 6.45) is 2.78. The molecule has 1 aromatic rings. The number of carbonyl (C=O) groups excluding carboxylic acids is 2. The normalized spacial score (nSPS) is 28.4. The van der Waals surface area contributed by atoms with Crippen molar-refractivity contribution in [3.63, 3.8) is 0 Å². The number of amides is 2. The summed E-state index contributed by atoms with van der Waals surface area (Å²) in [6.45, 7) is 4.04. The summed E-state index contributed by atoms with van der Waals surface area (Å²) in [4.78, 5) is 26.8. The maximum absolute atomic E-state index is 12.8. The van der Waals surface area contributed by atoms with E-state index in [1.807, 2.05) is 26.0 Å². The summed E-state index contributed by atoms with van der Waals surface area (Å²) in [5.74, 6) is -0.0387. The van der Waals surface area contributed by atoms with Gasteiger partial charge < -0.3 is 4.74 Å². The molecule has 1 aliphatic carbocycles. The molecule has 1 saturated heterocycles. The molecule has 0 saturated carbocycles. The second kappa shape index (κ2) is 5.02. The highest BCUT2D eigenvalue weighted by Crippen LogP contribution is 2.44. The van der Waals surface area contributed by atoms with Crippen molar-refractivity contribution in [1.29, 1.82) is 0 Å². The van der Waals surface area contributed by atoms with Gasteiger partial charge in [0.05, 0.1) is 24.6 Å². The van der Waals surface area contributed by atoms with Crippen molar-refractivity contribution in [2.24, 2.45) is 17.8 Å². The molecule has 0 spiro atoms. The number of rotatable bonds is 2. The van der Waals surface area contributed by atoms with Gasteiger partial charge in [-0.2, -0.15) is 0 Å². The molecular weight excluding hydrogens is 266 g/mol. The van der Waals surface area contributed by atoms with E-state index in [1.165, 1.54) is 10.5 Å². The van der Waals surface area contributed by atoms with Gasteiger partial charge in [-0.15, -0.1) is 0 Å². The van der Waals surface area contributed by atoms with Crippen molar-refractivity contribution in [2.75, 3.05) is 12.0 Å². The van der Waals surface area contributed by atoms with Crippen molar-refractivity contribution >= 4 is 17.5 Å². The maximum atomic E-state index is 12.8. The average molecular weight is 285 g/mol. The highest BCUT2D eigenvalue weighted by Gasteiger charge is 2.51. The molecule has 0 bridgehead atoms. The number of imide groups is 1. The van der Waals surface area contributed by atoms with E-state index >= 15 is 0 Å². The fourth-order valence-corrected chi connectivity index (χ4v) is 3.57. The SMILES string of the molecule is COc1ccccc1N1C(=O)[C@@H]2[C@H](CC(C)=C[C@@H]2C)C1=O. The second-order valence-corrected chi connectivity index (χ2v) is 5.89. The van der Waals surface area contributed by atoms with Gasteiger partial charge in [0.15, 0.2) is 0 Å². The molecule has 1 heterocycles. The van der Waals surface area contributed by atoms with Gasteiger partial charge in [-0.1, -0.05) is 30.7 Å². The molecule has 3 rings (SSSR count). The van der Waals surface area contributed by atoms with Crippen LogP contribution in [0.3, 0.4) is 0 Å². The molecular formula is C17H19NO3. The van der Waals surface area contributed by atoms with Gasteiger partial charge in [0.25, 0.3) is 0 Å². The lowest BCUT2D eigenvalue weighted by Crippen LogP contribution is -2.31. The lowest BCUT2D eigenvalue weighted by Gasteiger charge is -2.25. The number of ether oxygens (including phenoxy) is 1. The quantitative estimate of drug-likeness (QED) is 0.620. The summed E-state index contributed by atoms with van der Waals surface area (Å²) in [6, 6.07) is 7.17. The summed E-state index contributed by atoms with van der Waals surface area (Å²) in [5.41, 5.74) is 1.74. The van der Waals surface area contributed by atoms with Gasteiger partial charge in [-0.3, -0.25) is 9.59 Å². The minimum Gasteiger partial charge on any atom is -0.495 e. The molecule has 1 aromatic carbocycles. The number of methoxy groups -OCH3 is 1. The Hall–Kier alpha value is -2.10. The van der Waals surface area contributed by atoms with Gasteiger partial charge >= 0.3 is 0 Å². The predicted octanol–water partition coefficient (Wildman–Crippen LogP) is 2.79. The fourth-order valence-electron chi connectivity index (χ4n) is 3.57. The van der Waals surface area contributed by atoms with Crippen LogP contribution in [0.2, 0.25) is 0 Å². The van der Waals surface area contributed by atoms with E-state index in [0.29, 0.717) is 17.9 Å². The van der Waals surface area contributed by atoms with Gasteiger partial charge in [0.1, 0.15) is 5.75 Å². The molecule has 4 nitrogen and oxygen atoms in total. The van der Waals surface area contributed by atoms with E-state index in [0.717, 1.165) is 0 Å². The molecule has 0 radical (unpaired) electrons. The van der Waals surface area contributed by atoms with Crippen LogP contribution >= 0.6 is 0 Å². The number of fused-ring (bicyclic) bond motifs is 1. The van der Waals surface area contributed by atoms with E-state index in [1.54, 1.807) is 19.2 Å². The number of benzene rings is 1. The van der Waals surface area contributed by atoms with Crippen molar-refractivity contribution in [2.45, 2.75) is 20.3 Å². The molecule has 0 N–H and O–H groups in total.